The lowest BCUT2D eigenvalue weighted by molar-refractivity contribution is -0.172. The maximum atomic E-state index is 13.6. The van der Waals surface area contributed by atoms with E-state index in [1.165, 1.54) is 5.56 Å². The summed E-state index contributed by atoms with van der Waals surface area (Å²) in [7, 11) is 0. The van der Waals surface area contributed by atoms with Crippen LogP contribution >= 0.6 is 0 Å². The molecule has 0 saturated heterocycles. The molecule has 2 aromatic carbocycles. The van der Waals surface area contributed by atoms with E-state index >= 15 is 0 Å². The molecule has 186 valence electrons. The Labute approximate surface area is 212 Å². The molecule has 1 N–H and O–H groups in total. The second-order valence-electron chi connectivity index (χ2n) is 9.73. The van der Waals surface area contributed by atoms with Gasteiger partial charge in [-0.15, -0.1) is 0 Å². The highest BCUT2D eigenvalue weighted by molar-refractivity contribution is 5.91. The van der Waals surface area contributed by atoms with Crippen LogP contribution in [-0.4, -0.2) is 27.4 Å². The van der Waals surface area contributed by atoms with Crippen molar-refractivity contribution in [1.29, 1.82) is 0 Å². The van der Waals surface area contributed by atoms with Crippen molar-refractivity contribution in [3.05, 3.63) is 86.7 Å². The first-order valence-electron chi connectivity index (χ1n) is 12.4. The molecule has 0 saturated carbocycles. The van der Waals surface area contributed by atoms with Crippen molar-refractivity contribution in [3.63, 3.8) is 0 Å². The van der Waals surface area contributed by atoms with Crippen molar-refractivity contribution >= 4 is 16.9 Å². The summed E-state index contributed by atoms with van der Waals surface area (Å²) in [6.07, 6.45) is 1.67. The summed E-state index contributed by atoms with van der Waals surface area (Å²) in [5, 5.41) is 12.1. The van der Waals surface area contributed by atoms with E-state index in [0.29, 0.717) is 40.6 Å². The first-order chi connectivity index (χ1) is 18.0. The Kier molecular flexibility index (Phi) is 4.72. The van der Waals surface area contributed by atoms with Gasteiger partial charge in [0, 0.05) is 22.6 Å². The number of fused-ring (bicyclic) bond motifs is 6. The smallest absolute Gasteiger partial charge is 0.343 e. The molecule has 1 atom stereocenters. The van der Waals surface area contributed by atoms with Gasteiger partial charge in [0.1, 0.15) is 6.61 Å². The SMILES string of the molecule is CC[C@@]1(O)C(=O)OCc2c1cc1n(c2=O)Cc2c-1nc1cc3c(cc1c2CCc1ccccc1)OCO3. The largest absolute Gasteiger partial charge is 0.458 e. The fraction of sp³-hybridized carbons (Fsp3) is 0.276. The number of carbonyl (C=O) groups is 1. The number of cyclic esters (lactones) is 1. The van der Waals surface area contributed by atoms with Gasteiger partial charge in [0.2, 0.25) is 6.79 Å². The van der Waals surface area contributed by atoms with Crippen LogP contribution in [0.4, 0.5) is 0 Å². The molecule has 0 bridgehead atoms. The Balaban J connectivity index is 1.45. The van der Waals surface area contributed by atoms with E-state index in [1.807, 2.05) is 30.3 Å². The van der Waals surface area contributed by atoms with E-state index < -0.39 is 11.6 Å². The summed E-state index contributed by atoms with van der Waals surface area (Å²) in [4.78, 5) is 31.1. The standard InChI is InChI=1S/C29H24N2O6/c1-2-29(34)21-11-23-26-19(13-31(23)27(32)20(21)14-35-28(29)33)17(9-8-16-6-4-3-5-7-16)18-10-24-25(37-15-36-24)12-22(18)30-26/h3-7,10-12,34H,2,8-9,13-15H2,1H3/t29-/m0/s1. The van der Waals surface area contributed by atoms with Crippen LogP contribution in [0.2, 0.25) is 0 Å². The lowest BCUT2D eigenvalue weighted by Crippen LogP contribution is -2.44. The van der Waals surface area contributed by atoms with E-state index in [4.69, 9.17) is 19.2 Å². The summed E-state index contributed by atoms with van der Waals surface area (Å²) in [6.45, 7) is 2.08. The molecule has 0 spiro atoms. The van der Waals surface area contributed by atoms with Gasteiger partial charge in [-0.2, -0.15) is 0 Å². The Morgan fingerprint density at radius 2 is 1.78 bits per heavy atom. The van der Waals surface area contributed by atoms with Gasteiger partial charge in [0.05, 0.1) is 29.0 Å². The molecule has 0 radical (unpaired) electrons. The Hall–Kier alpha value is -4.17. The van der Waals surface area contributed by atoms with E-state index in [-0.39, 0.29) is 25.4 Å². The van der Waals surface area contributed by atoms with Crippen molar-refractivity contribution in [3.8, 4) is 22.9 Å². The zero-order valence-corrected chi connectivity index (χ0v) is 20.2. The van der Waals surface area contributed by atoms with E-state index in [2.05, 4.69) is 12.1 Å². The van der Waals surface area contributed by atoms with Gasteiger partial charge in [0.25, 0.3) is 5.56 Å². The highest BCUT2D eigenvalue weighted by atomic mass is 16.7. The first-order valence-corrected chi connectivity index (χ1v) is 12.4. The number of nitrogens with zero attached hydrogens (tertiary/aromatic N) is 2. The molecule has 0 unspecified atom stereocenters. The summed E-state index contributed by atoms with van der Waals surface area (Å²) < 4.78 is 18.1. The third-order valence-electron chi connectivity index (χ3n) is 7.81. The van der Waals surface area contributed by atoms with Crippen LogP contribution < -0.4 is 15.0 Å². The number of pyridine rings is 2. The molecule has 2 aromatic heterocycles. The zero-order valence-electron chi connectivity index (χ0n) is 20.2. The van der Waals surface area contributed by atoms with Gasteiger partial charge in [-0.25, -0.2) is 9.78 Å². The minimum Gasteiger partial charge on any atom is -0.458 e. The number of aryl methyl sites for hydroxylation is 2. The summed E-state index contributed by atoms with van der Waals surface area (Å²) >= 11 is 0. The summed E-state index contributed by atoms with van der Waals surface area (Å²) in [6, 6.07) is 15.9. The van der Waals surface area contributed by atoms with Crippen LogP contribution in [0, 0.1) is 0 Å². The number of hydrogen-bond donors (Lipinski definition) is 1. The van der Waals surface area contributed by atoms with Crippen LogP contribution in [-0.2, 0) is 41.1 Å². The number of carbonyl (C=O) groups excluding carboxylic acids is 1. The first kappa shape index (κ1) is 22.1. The highest BCUT2D eigenvalue weighted by Gasteiger charge is 2.45. The van der Waals surface area contributed by atoms with Crippen molar-refractivity contribution in [1.82, 2.24) is 9.55 Å². The third kappa shape index (κ3) is 3.15. The van der Waals surface area contributed by atoms with Gasteiger partial charge in [0.15, 0.2) is 17.1 Å². The molecular weight excluding hydrogens is 472 g/mol. The number of benzene rings is 2. The van der Waals surface area contributed by atoms with E-state index in [1.54, 1.807) is 17.6 Å². The van der Waals surface area contributed by atoms with Crippen LogP contribution in [0.25, 0.3) is 22.3 Å². The van der Waals surface area contributed by atoms with E-state index in [0.717, 1.165) is 34.9 Å². The van der Waals surface area contributed by atoms with Gasteiger partial charge in [-0.3, -0.25) is 4.79 Å². The lowest BCUT2D eigenvalue weighted by Gasteiger charge is -2.31. The second-order valence-corrected chi connectivity index (χ2v) is 9.73. The predicted octanol–water partition coefficient (Wildman–Crippen LogP) is 3.59. The fourth-order valence-electron chi connectivity index (χ4n) is 5.75. The molecule has 0 amide bonds. The third-order valence-corrected chi connectivity index (χ3v) is 7.81. The van der Waals surface area contributed by atoms with E-state index in [9.17, 15) is 14.7 Å². The molecule has 37 heavy (non-hydrogen) atoms. The predicted molar refractivity (Wildman–Crippen MR) is 134 cm³/mol. The number of esters is 1. The molecule has 4 aromatic rings. The molecule has 8 heteroatoms. The Bertz CT molecular complexity index is 1680. The topological polar surface area (TPSA) is 99.9 Å². The number of aliphatic hydroxyl groups is 1. The van der Waals surface area contributed by atoms with Gasteiger partial charge < -0.3 is 23.9 Å². The molecule has 7 rings (SSSR count). The zero-order chi connectivity index (χ0) is 25.3. The average Bonchev–Trinajstić information content (AvgIpc) is 3.53. The summed E-state index contributed by atoms with van der Waals surface area (Å²) in [5.41, 5.74) is 3.82. The monoisotopic (exact) mass is 496 g/mol. The van der Waals surface area contributed by atoms with Crippen molar-refractivity contribution < 1.29 is 24.1 Å². The van der Waals surface area contributed by atoms with Crippen molar-refractivity contribution in [2.24, 2.45) is 0 Å². The molecule has 0 fully saturated rings. The number of aromatic nitrogens is 2. The molecule has 3 aliphatic heterocycles. The van der Waals surface area contributed by atoms with Crippen LogP contribution in [0.3, 0.4) is 0 Å². The second kappa shape index (κ2) is 7.91. The number of hydrogen-bond acceptors (Lipinski definition) is 7. The van der Waals surface area contributed by atoms with Gasteiger partial charge >= 0.3 is 5.97 Å². The molecule has 0 aliphatic carbocycles. The number of rotatable bonds is 4. The van der Waals surface area contributed by atoms with Crippen molar-refractivity contribution in [2.75, 3.05) is 6.79 Å². The van der Waals surface area contributed by atoms with Gasteiger partial charge in [-0.05, 0) is 42.5 Å². The maximum absolute atomic E-state index is 13.6. The molecule has 3 aliphatic rings. The highest BCUT2D eigenvalue weighted by Crippen LogP contribution is 2.43. The quantitative estimate of drug-likeness (QED) is 0.380. The minimum atomic E-state index is -1.86. The lowest BCUT2D eigenvalue weighted by atomic mass is 9.86. The van der Waals surface area contributed by atoms with Crippen LogP contribution in [0.5, 0.6) is 11.5 Å². The number of ether oxygens (including phenoxy) is 3. The Morgan fingerprint density at radius 3 is 2.57 bits per heavy atom. The fourth-order valence-corrected chi connectivity index (χ4v) is 5.75. The van der Waals surface area contributed by atoms with Crippen LogP contribution in [0.15, 0.2) is 53.3 Å². The minimum absolute atomic E-state index is 0.103. The average molecular weight is 497 g/mol. The van der Waals surface area contributed by atoms with Gasteiger partial charge in [-0.1, -0.05) is 37.3 Å². The normalized spacial score (nSPS) is 18.9. The molecular formula is C29H24N2O6. The molecule has 5 heterocycles. The van der Waals surface area contributed by atoms with Crippen molar-refractivity contribution in [2.45, 2.75) is 44.9 Å². The maximum Gasteiger partial charge on any atom is 0.343 e. The molecule has 8 nitrogen and oxygen atoms in total. The Morgan fingerprint density at radius 1 is 1.00 bits per heavy atom. The van der Waals surface area contributed by atoms with Crippen LogP contribution in [0.1, 0.15) is 41.2 Å². The summed E-state index contributed by atoms with van der Waals surface area (Å²) in [5.74, 6) is 0.590.